The van der Waals surface area contributed by atoms with Crippen LogP contribution in [0.4, 0.5) is 0 Å². The molecule has 2 aromatic rings. The van der Waals surface area contributed by atoms with Crippen molar-refractivity contribution in [3.63, 3.8) is 0 Å². The lowest BCUT2D eigenvalue weighted by atomic mass is 10.1. The second-order valence-corrected chi connectivity index (χ2v) is 4.04. The van der Waals surface area contributed by atoms with E-state index in [0.717, 1.165) is 12.8 Å². The Balaban J connectivity index is 2.30. The van der Waals surface area contributed by atoms with Gasteiger partial charge in [-0.1, -0.05) is 5.16 Å². The second kappa shape index (κ2) is 3.44. The fourth-order valence-corrected chi connectivity index (χ4v) is 1.86. The van der Waals surface area contributed by atoms with Crippen molar-refractivity contribution >= 4 is 17.1 Å². The van der Waals surface area contributed by atoms with E-state index >= 15 is 0 Å². The van der Waals surface area contributed by atoms with E-state index in [2.05, 4.69) is 10.1 Å². The predicted octanol–water partition coefficient (Wildman–Crippen LogP) is 1.81. The topological polar surface area (TPSA) is 85.5 Å². The fraction of sp³-hybridized carbons (Fsp3) is 0.364. The zero-order valence-electron chi connectivity index (χ0n) is 9.14. The molecule has 6 heteroatoms. The lowest BCUT2D eigenvalue weighted by Crippen LogP contribution is -2.00. The number of nitrogens with zero attached hydrogens (tertiary/aromatic N) is 2. The molecule has 0 aromatic carbocycles. The van der Waals surface area contributed by atoms with Crippen molar-refractivity contribution in [3.05, 3.63) is 17.3 Å². The number of aromatic nitrogens is 2. The van der Waals surface area contributed by atoms with Crippen LogP contribution in [0, 0.1) is 0 Å². The summed E-state index contributed by atoms with van der Waals surface area (Å²) in [5, 5.41) is 13.6. The van der Waals surface area contributed by atoms with Crippen LogP contribution in [0.2, 0.25) is 0 Å². The molecule has 0 atom stereocenters. The van der Waals surface area contributed by atoms with Gasteiger partial charge in [-0.2, -0.15) is 4.98 Å². The predicted molar refractivity (Wildman–Crippen MR) is 57.3 cm³/mol. The molecule has 17 heavy (non-hydrogen) atoms. The number of hydrogen-bond acceptors (Lipinski definition) is 5. The van der Waals surface area contributed by atoms with Crippen molar-refractivity contribution in [2.75, 3.05) is 7.11 Å². The molecular weight excluding hydrogens is 224 g/mol. The van der Waals surface area contributed by atoms with Gasteiger partial charge in [0.1, 0.15) is 0 Å². The number of methoxy groups -OCH3 is 1. The van der Waals surface area contributed by atoms with Crippen LogP contribution < -0.4 is 4.74 Å². The molecule has 1 fully saturated rings. The summed E-state index contributed by atoms with van der Waals surface area (Å²) in [7, 11) is 1.43. The summed E-state index contributed by atoms with van der Waals surface area (Å²) in [6.07, 6.45) is 2.04. The monoisotopic (exact) mass is 234 g/mol. The van der Waals surface area contributed by atoms with Crippen LogP contribution >= 0.6 is 0 Å². The highest BCUT2D eigenvalue weighted by atomic mass is 16.5. The first-order valence-electron chi connectivity index (χ1n) is 5.28. The molecule has 1 aliphatic carbocycles. The summed E-state index contributed by atoms with van der Waals surface area (Å²) in [4.78, 5) is 15.3. The van der Waals surface area contributed by atoms with Gasteiger partial charge in [-0.25, -0.2) is 4.79 Å². The molecule has 0 bridgehead atoms. The molecule has 1 aliphatic rings. The lowest BCUT2D eigenvalue weighted by Gasteiger charge is -2.01. The van der Waals surface area contributed by atoms with Gasteiger partial charge in [0.15, 0.2) is 0 Å². The van der Waals surface area contributed by atoms with Crippen LogP contribution in [0.3, 0.4) is 0 Å². The third-order valence-electron chi connectivity index (χ3n) is 2.85. The molecule has 2 aromatic heterocycles. The Morgan fingerprint density at radius 3 is 2.94 bits per heavy atom. The fourth-order valence-electron chi connectivity index (χ4n) is 1.86. The highest BCUT2D eigenvalue weighted by Gasteiger charge is 2.32. The SMILES string of the molecule is COc1cc(C(=O)O)c2c(C3CC3)noc2n1. The number of ether oxygens (including phenoxy) is 1. The van der Waals surface area contributed by atoms with Crippen LogP contribution in [0.25, 0.3) is 11.1 Å². The van der Waals surface area contributed by atoms with Gasteiger partial charge in [-0.05, 0) is 12.8 Å². The van der Waals surface area contributed by atoms with Crippen LogP contribution in [0.1, 0.15) is 34.8 Å². The van der Waals surface area contributed by atoms with Gasteiger partial charge in [0.25, 0.3) is 5.71 Å². The summed E-state index contributed by atoms with van der Waals surface area (Å²) in [5.41, 5.74) is 1.06. The third kappa shape index (κ3) is 1.52. The minimum atomic E-state index is -1.03. The summed E-state index contributed by atoms with van der Waals surface area (Å²) in [6.45, 7) is 0. The summed E-state index contributed by atoms with van der Waals surface area (Å²) in [6, 6.07) is 1.40. The average molecular weight is 234 g/mol. The number of fused-ring (bicyclic) bond motifs is 1. The highest BCUT2D eigenvalue weighted by molar-refractivity contribution is 6.02. The van der Waals surface area contributed by atoms with Gasteiger partial charge < -0.3 is 14.4 Å². The van der Waals surface area contributed by atoms with E-state index in [4.69, 9.17) is 9.26 Å². The van der Waals surface area contributed by atoms with Gasteiger partial charge in [0, 0.05) is 12.0 Å². The van der Waals surface area contributed by atoms with Crippen LogP contribution in [-0.4, -0.2) is 28.3 Å². The molecule has 0 aliphatic heterocycles. The minimum absolute atomic E-state index is 0.134. The van der Waals surface area contributed by atoms with E-state index in [-0.39, 0.29) is 17.2 Å². The number of aromatic carboxylic acids is 1. The summed E-state index contributed by atoms with van der Waals surface area (Å²) in [5.74, 6) is -0.501. The Bertz CT molecular complexity index is 601. The molecular formula is C11H10N2O4. The number of carbonyl (C=O) groups is 1. The van der Waals surface area contributed by atoms with Crippen molar-refractivity contribution in [1.29, 1.82) is 0 Å². The van der Waals surface area contributed by atoms with Crippen molar-refractivity contribution in [2.45, 2.75) is 18.8 Å². The maximum Gasteiger partial charge on any atom is 0.336 e. The molecule has 6 nitrogen and oxygen atoms in total. The lowest BCUT2D eigenvalue weighted by molar-refractivity contribution is 0.0698. The summed E-state index contributed by atoms with van der Waals surface area (Å²) < 4.78 is 10.0. The van der Waals surface area contributed by atoms with E-state index < -0.39 is 5.97 Å². The molecule has 88 valence electrons. The van der Waals surface area contributed by atoms with Gasteiger partial charge in [0.2, 0.25) is 5.88 Å². The Morgan fingerprint density at radius 2 is 2.35 bits per heavy atom. The smallest absolute Gasteiger partial charge is 0.336 e. The standard InChI is InChI=1S/C11H10N2O4/c1-16-7-4-6(11(14)15)8-9(5-2-3-5)13-17-10(8)12-7/h4-5H,2-3H2,1H3,(H,14,15). The number of carboxylic acids is 1. The minimum Gasteiger partial charge on any atom is -0.481 e. The highest BCUT2D eigenvalue weighted by Crippen LogP contribution is 2.43. The molecule has 0 spiro atoms. The zero-order valence-corrected chi connectivity index (χ0v) is 9.14. The number of hydrogen-bond donors (Lipinski definition) is 1. The van der Waals surface area contributed by atoms with E-state index in [0.29, 0.717) is 17.0 Å². The Labute approximate surface area is 96.2 Å². The zero-order chi connectivity index (χ0) is 12.0. The van der Waals surface area contributed by atoms with Crippen molar-refractivity contribution in [3.8, 4) is 5.88 Å². The molecule has 0 saturated heterocycles. The Morgan fingerprint density at radius 1 is 1.59 bits per heavy atom. The molecule has 0 unspecified atom stereocenters. The quantitative estimate of drug-likeness (QED) is 0.871. The van der Waals surface area contributed by atoms with Crippen molar-refractivity contribution in [2.24, 2.45) is 0 Å². The molecule has 0 radical (unpaired) electrons. The van der Waals surface area contributed by atoms with Gasteiger partial charge in [-0.15, -0.1) is 0 Å². The largest absolute Gasteiger partial charge is 0.481 e. The normalized spacial score (nSPS) is 15.1. The second-order valence-electron chi connectivity index (χ2n) is 4.04. The van der Waals surface area contributed by atoms with Crippen LogP contribution in [0.5, 0.6) is 5.88 Å². The third-order valence-corrected chi connectivity index (χ3v) is 2.85. The molecule has 3 rings (SSSR count). The van der Waals surface area contributed by atoms with E-state index in [1.165, 1.54) is 13.2 Å². The van der Waals surface area contributed by atoms with Crippen LogP contribution in [-0.2, 0) is 0 Å². The van der Waals surface area contributed by atoms with Gasteiger partial charge >= 0.3 is 5.97 Å². The van der Waals surface area contributed by atoms with E-state index in [1.54, 1.807) is 0 Å². The van der Waals surface area contributed by atoms with E-state index in [1.807, 2.05) is 0 Å². The van der Waals surface area contributed by atoms with E-state index in [9.17, 15) is 9.90 Å². The molecule has 2 heterocycles. The maximum atomic E-state index is 11.2. The Kier molecular flexibility index (Phi) is 2.04. The van der Waals surface area contributed by atoms with Crippen molar-refractivity contribution < 1.29 is 19.2 Å². The number of carboxylic acid groups (broad SMARTS) is 1. The Hall–Kier alpha value is -2.11. The average Bonchev–Trinajstić information content (AvgIpc) is 3.07. The van der Waals surface area contributed by atoms with Crippen LogP contribution in [0.15, 0.2) is 10.6 Å². The number of pyridine rings is 1. The first kappa shape index (κ1) is 10.1. The van der Waals surface area contributed by atoms with Gasteiger partial charge in [-0.3, -0.25) is 0 Å². The van der Waals surface area contributed by atoms with Crippen molar-refractivity contribution in [1.82, 2.24) is 10.1 Å². The molecule has 0 amide bonds. The van der Waals surface area contributed by atoms with Gasteiger partial charge in [0.05, 0.1) is 23.8 Å². The number of rotatable bonds is 3. The molecule has 1 saturated carbocycles. The maximum absolute atomic E-state index is 11.2. The first-order chi connectivity index (χ1) is 8.20. The summed E-state index contributed by atoms with van der Waals surface area (Å²) >= 11 is 0. The first-order valence-corrected chi connectivity index (χ1v) is 5.28. The molecule has 1 N–H and O–H groups in total.